The van der Waals surface area contributed by atoms with Gasteiger partial charge >= 0.3 is 17.9 Å². The molecule has 5 rings (SSSR count). The first-order valence-corrected chi connectivity index (χ1v) is 13.5. The van der Waals surface area contributed by atoms with E-state index in [2.05, 4.69) is 0 Å². The van der Waals surface area contributed by atoms with Crippen molar-refractivity contribution >= 4 is 17.9 Å². The monoisotopic (exact) mass is 536 g/mol. The van der Waals surface area contributed by atoms with Crippen LogP contribution in [0.4, 0.5) is 0 Å². The van der Waals surface area contributed by atoms with Crippen molar-refractivity contribution in [3.63, 3.8) is 0 Å². The molecule has 8 nitrogen and oxygen atoms in total. The molecule has 2 saturated carbocycles. The molecule has 1 saturated heterocycles. The second kappa shape index (κ2) is 9.75. The second-order valence-corrected chi connectivity index (χ2v) is 11.8. The molecule has 1 aliphatic heterocycles. The van der Waals surface area contributed by atoms with E-state index in [-0.39, 0.29) is 24.7 Å². The van der Waals surface area contributed by atoms with Gasteiger partial charge < -0.3 is 24.1 Å². The van der Waals surface area contributed by atoms with Crippen LogP contribution < -0.4 is 0 Å². The van der Waals surface area contributed by atoms with Crippen molar-refractivity contribution in [2.45, 2.75) is 83.1 Å². The summed E-state index contributed by atoms with van der Waals surface area (Å²) >= 11 is 0. The Kier molecular flexibility index (Phi) is 6.84. The van der Waals surface area contributed by atoms with Gasteiger partial charge in [-0.05, 0) is 56.9 Å². The number of carbonyl (C=O) groups is 3. The molecule has 3 aliphatic rings. The van der Waals surface area contributed by atoms with Crippen molar-refractivity contribution in [2.24, 2.45) is 17.3 Å². The number of hydrogen-bond acceptors (Lipinski definition) is 8. The van der Waals surface area contributed by atoms with Crippen molar-refractivity contribution in [3.05, 3.63) is 71.8 Å². The molecule has 0 aromatic heterocycles. The Hall–Kier alpha value is -3.23. The summed E-state index contributed by atoms with van der Waals surface area (Å²) in [5.74, 6) is -2.18. The summed E-state index contributed by atoms with van der Waals surface area (Å²) < 4.78 is 24.9. The average molecular weight is 537 g/mol. The predicted molar refractivity (Wildman–Crippen MR) is 141 cm³/mol. The summed E-state index contributed by atoms with van der Waals surface area (Å²) in [5, 5.41) is 11.9. The molecule has 0 radical (unpaired) electrons. The number of benzene rings is 2. The first-order chi connectivity index (χ1) is 18.4. The highest BCUT2D eigenvalue weighted by Gasteiger charge is 2.79. The number of fused-ring (bicyclic) bond motifs is 1. The highest BCUT2D eigenvalue weighted by Crippen LogP contribution is 2.67. The van der Waals surface area contributed by atoms with Crippen LogP contribution in [0.3, 0.4) is 0 Å². The largest absolute Gasteiger partial charge is 0.460 e. The topological polar surface area (TPSA) is 108 Å². The van der Waals surface area contributed by atoms with Gasteiger partial charge in [0.05, 0.1) is 22.1 Å². The lowest BCUT2D eigenvalue weighted by molar-refractivity contribution is -0.300. The number of esters is 3. The third-order valence-electron chi connectivity index (χ3n) is 9.20. The minimum Gasteiger partial charge on any atom is -0.460 e. The molecular weight excluding hydrogens is 500 g/mol. The summed E-state index contributed by atoms with van der Waals surface area (Å²) in [6.45, 7) is 8.93. The molecular formula is C31H36O8. The van der Waals surface area contributed by atoms with E-state index in [0.29, 0.717) is 11.1 Å². The molecule has 1 spiro atoms. The number of ether oxygens (including phenoxy) is 4. The lowest BCUT2D eigenvalue weighted by Crippen LogP contribution is -2.75. The molecule has 1 heterocycles. The van der Waals surface area contributed by atoms with Crippen LogP contribution in [0.2, 0.25) is 0 Å². The number of rotatable bonds is 5. The summed E-state index contributed by atoms with van der Waals surface area (Å²) in [5.41, 5.74) is -2.47. The summed E-state index contributed by atoms with van der Waals surface area (Å²) in [6, 6.07) is 17.4. The van der Waals surface area contributed by atoms with E-state index in [1.165, 1.54) is 6.92 Å². The molecule has 3 fully saturated rings. The van der Waals surface area contributed by atoms with Crippen LogP contribution >= 0.6 is 0 Å². The number of aliphatic hydroxyl groups is 1. The van der Waals surface area contributed by atoms with Crippen molar-refractivity contribution in [3.8, 4) is 0 Å². The summed E-state index contributed by atoms with van der Waals surface area (Å²) in [7, 11) is 0. The molecule has 39 heavy (non-hydrogen) atoms. The lowest BCUT2D eigenvalue weighted by atomic mass is 9.48. The zero-order valence-electron chi connectivity index (χ0n) is 23.0. The van der Waals surface area contributed by atoms with Crippen molar-refractivity contribution in [2.75, 3.05) is 0 Å². The molecule has 208 valence electrons. The van der Waals surface area contributed by atoms with Crippen LogP contribution in [0.5, 0.6) is 0 Å². The zero-order chi connectivity index (χ0) is 28.2. The standard InChI is InChI=1S/C31H36O8/c1-18-16-23(36-19(2)32)25(33)30(5)24(37-27(34)20-12-8-6-9-13-20)17-22-26(31(18,30)39-29(22,3)4)38-28(35)21-14-10-7-11-15-21/h6-15,18,22-26,33H,16-17H2,1-5H3/t18-,22-,23+,24+,25+,26-,30-,31-/m1/s1. The fraction of sp³-hybridized carbons (Fsp3) is 0.516. The van der Waals surface area contributed by atoms with E-state index in [9.17, 15) is 19.5 Å². The first-order valence-electron chi connectivity index (χ1n) is 13.5. The maximum atomic E-state index is 13.4. The quantitative estimate of drug-likeness (QED) is 0.444. The van der Waals surface area contributed by atoms with Gasteiger partial charge in [0, 0.05) is 12.8 Å². The van der Waals surface area contributed by atoms with Gasteiger partial charge in [0.15, 0.2) is 0 Å². The van der Waals surface area contributed by atoms with Gasteiger partial charge in [-0.2, -0.15) is 0 Å². The molecule has 2 bridgehead atoms. The van der Waals surface area contributed by atoms with Gasteiger partial charge in [0.25, 0.3) is 0 Å². The van der Waals surface area contributed by atoms with Crippen LogP contribution in [0.15, 0.2) is 60.7 Å². The Balaban J connectivity index is 1.60. The molecule has 2 aromatic carbocycles. The predicted octanol–water partition coefficient (Wildman–Crippen LogP) is 4.34. The van der Waals surface area contributed by atoms with E-state index >= 15 is 0 Å². The van der Waals surface area contributed by atoms with Gasteiger partial charge in [-0.3, -0.25) is 4.79 Å². The van der Waals surface area contributed by atoms with Gasteiger partial charge in [0.1, 0.15) is 30.0 Å². The summed E-state index contributed by atoms with van der Waals surface area (Å²) in [4.78, 5) is 38.6. The minimum absolute atomic E-state index is 0.285. The van der Waals surface area contributed by atoms with E-state index < -0.39 is 58.9 Å². The van der Waals surface area contributed by atoms with Gasteiger partial charge in [-0.1, -0.05) is 50.2 Å². The van der Waals surface area contributed by atoms with E-state index in [4.69, 9.17) is 18.9 Å². The molecule has 8 heteroatoms. The molecule has 8 atom stereocenters. The van der Waals surface area contributed by atoms with Crippen LogP contribution in [-0.2, 0) is 23.7 Å². The van der Waals surface area contributed by atoms with Crippen LogP contribution in [0, 0.1) is 17.3 Å². The molecule has 1 N–H and O–H groups in total. The van der Waals surface area contributed by atoms with Gasteiger partial charge in [-0.25, -0.2) is 9.59 Å². The SMILES string of the molecule is CC(=O)O[C@H]1C[C@@H](C)[C@]23OC(C)(C)[C@H](C[C@H](OC(=O)c4ccccc4)[C@]2(C)[C@H]1O)[C@H]3OC(=O)c1ccccc1. The van der Waals surface area contributed by atoms with E-state index in [1.807, 2.05) is 32.9 Å². The Labute approximate surface area is 228 Å². The number of hydrogen-bond donors (Lipinski definition) is 1. The number of carbonyl (C=O) groups excluding carboxylic acids is 3. The van der Waals surface area contributed by atoms with Crippen LogP contribution in [0.25, 0.3) is 0 Å². The molecule has 0 amide bonds. The van der Waals surface area contributed by atoms with Crippen molar-refractivity contribution in [1.29, 1.82) is 0 Å². The maximum absolute atomic E-state index is 13.4. The Morgan fingerprint density at radius 2 is 1.38 bits per heavy atom. The van der Waals surface area contributed by atoms with Crippen molar-refractivity contribution in [1.82, 2.24) is 0 Å². The third kappa shape index (κ3) is 4.25. The zero-order valence-corrected chi connectivity index (χ0v) is 23.0. The normalized spacial score (nSPS) is 36.4. The second-order valence-electron chi connectivity index (χ2n) is 11.8. The first kappa shape index (κ1) is 27.3. The fourth-order valence-corrected chi connectivity index (χ4v) is 7.35. The Bertz CT molecular complexity index is 1240. The smallest absolute Gasteiger partial charge is 0.338 e. The van der Waals surface area contributed by atoms with Crippen molar-refractivity contribution < 1.29 is 38.4 Å². The highest BCUT2D eigenvalue weighted by atomic mass is 16.6. The van der Waals surface area contributed by atoms with E-state index in [0.717, 1.165) is 0 Å². The minimum atomic E-state index is -1.28. The highest BCUT2D eigenvalue weighted by molar-refractivity contribution is 5.90. The number of aliphatic hydroxyl groups excluding tert-OH is 1. The maximum Gasteiger partial charge on any atom is 0.338 e. The van der Waals surface area contributed by atoms with E-state index in [1.54, 1.807) is 55.5 Å². The Morgan fingerprint density at radius 1 is 0.846 bits per heavy atom. The van der Waals surface area contributed by atoms with Crippen LogP contribution in [0.1, 0.15) is 68.2 Å². The third-order valence-corrected chi connectivity index (χ3v) is 9.20. The average Bonchev–Trinajstić information content (AvgIpc) is 3.08. The molecule has 2 aromatic rings. The summed E-state index contributed by atoms with van der Waals surface area (Å²) in [6.07, 6.45) is -3.07. The molecule has 2 aliphatic carbocycles. The van der Waals surface area contributed by atoms with Gasteiger partial charge in [-0.15, -0.1) is 0 Å². The fourth-order valence-electron chi connectivity index (χ4n) is 7.35. The van der Waals surface area contributed by atoms with Gasteiger partial charge in [0.2, 0.25) is 0 Å². The van der Waals surface area contributed by atoms with Crippen LogP contribution in [-0.4, -0.2) is 58.6 Å². The Morgan fingerprint density at radius 3 is 1.92 bits per heavy atom. The lowest BCUT2D eigenvalue weighted by Gasteiger charge is -2.62. The molecule has 0 unspecified atom stereocenters.